The van der Waals surface area contributed by atoms with E-state index < -0.39 is 6.09 Å². The quantitative estimate of drug-likeness (QED) is 0.281. The van der Waals surface area contributed by atoms with Gasteiger partial charge in [-0.1, -0.05) is 46.9 Å². The van der Waals surface area contributed by atoms with Crippen LogP contribution in [0.3, 0.4) is 0 Å². The van der Waals surface area contributed by atoms with Crippen LogP contribution in [0.25, 0.3) is 0 Å². The van der Waals surface area contributed by atoms with Gasteiger partial charge < -0.3 is 31.2 Å². The summed E-state index contributed by atoms with van der Waals surface area (Å²) in [6, 6.07) is 5.19. The SMILES string of the molecule is C.C.COc1cc(CNC(=O)CCCC/C=C/C(C)C)ccc1OC(=O)N(CCN)CCN. The van der Waals surface area contributed by atoms with Gasteiger partial charge in [0.25, 0.3) is 0 Å². The molecule has 0 saturated heterocycles. The van der Waals surface area contributed by atoms with Crippen LogP contribution in [-0.4, -0.2) is 50.2 Å². The molecule has 0 saturated carbocycles. The number of ether oxygens (including phenoxy) is 2. The van der Waals surface area contributed by atoms with E-state index in [0.29, 0.717) is 56.6 Å². The predicted octanol–water partition coefficient (Wildman–Crippen LogP) is 4.07. The lowest BCUT2D eigenvalue weighted by Gasteiger charge is -2.21. The number of unbranched alkanes of at least 4 members (excludes halogenated alkanes) is 2. The van der Waals surface area contributed by atoms with Gasteiger partial charge in [-0.15, -0.1) is 0 Å². The zero-order valence-corrected chi connectivity index (χ0v) is 19.1. The summed E-state index contributed by atoms with van der Waals surface area (Å²) in [7, 11) is 1.50. The van der Waals surface area contributed by atoms with Gasteiger partial charge in [0.2, 0.25) is 5.91 Å². The fourth-order valence-corrected chi connectivity index (χ4v) is 2.88. The van der Waals surface area contributed by atoms with E-state index in [9.17, 15) is 9.59 Å². The second kappa shape index (κ2) is 18.9. The molecule has 0 unspecified atom stereocenters. The van der Waals surface area contributed by atoms with E-state index in [4.69, 9.17) is 20.9 Å². The van der Waals surface area contributed by atoms with Gasteiger partial charge in [0, 0.05) is 39.1 Å². The van der Waals surface area contributed by atoms with E-state index in [1.54, 1.807) is 18.2 Å². The molecule has 0 bridgehead atoms. The minimum atomic E-state index is -0.529. The number of benzene rings is 1. The highest BCUT2D eigenvalue weighted by molar-refractivity contribution is 5.76. The Kier molecular flexibility index (Phi) is 18.7. The molecular formula is C25H46N4O4. The van der Waals surface area contributed by atoms with Crippen molar-refractivity contribution in [2.75, 3.05) is 33.3 Å². The number of nitrogens with two attached hydrogens (primary N) is 2. The lowest BCUT2D eigenvalue weighted by molar-refractivity contribution is -0.121. The number of hydrogen-bond donors (Lipinski definition) is 3. The van der Waals surface area contributed by atoms with Crippen molar-refractivity contribution < 1.29 is 19.1 Å². The lowest BCUT2D eigenvalue weighted by Crippen LogP contribution is -2.40. The first-order valence-electron chi connectivity index (χ1n) is 10.9. The highest BCUT2D eigenvalue weighted by Crippen LogP contribution is 2.28. The van der Waals surface area contributed by atoms with Crippen molar-refractivity contribution in [1.29, 1.82) is 0 Å². The molecule has 1 aromatic carbocycles. The fraction of sp³-hybridized carbons (Fsp3) is 0.600. The largest absolute Gasteiger partial charge is 0.493 e. The highest BCUT2D eigenvalue weighted by Gasteiger charge is 2.17. The van der Waals surface area contributed by atoms with Gasteiger partial charge in [0.15, 0.2) is 11.5 Å². The van der Waals surface area contributed by atoms with E-state index >= 15 is 0 Å². The van der Waals surface area contributed by atoms with Crippen molar-refractivity contribution in [3.63, 3.8) is 0 Å². The molecule has 5 N–H and O–H groups in total. The van der Waals surface area contributed by atoms with Gasteiger partial charge >= 0.3 is 6.09 Å². The lowest BCUT2D eigenvalue weighted by atomic mass is 10.1. The van der Waals surface area contributed by atoms with Crippen LogP contribution in [0.4, 0.5) is 4.79 Å². The van der Waals surface area contributed by atoms with Crippen molar-refractivity contribution >= 4 is 12.0 Å². The van der Waals surface area contributed by atoms with E-state index in [2.05, 4.69) is 31.3 Å². The molecule has 0 fully saturated rings. The molecule has 0 aliphatic carbocycles. The molecule has 0 aliphatic rings. The van der Waals surface area contributed by atoms with Crippen molar-refractivity contribution in [3.05, 3.63) is 35.9 Å². The van der Waals surface area contributed by atoms with Crippen molar-refractivity contribution in [2.24, 2.45) is 17.4 Å². The van der Waals surface area contributed by atoms with E-state index in [-0.39, 0.29) is 20.8 Å². The number of hydrogen-bond acceptors (Lipinski definition) is 6. The molecule has 1 aromatic rings. The van der Waals surface area contributed by atoms with Crippen LogP contribution >= 0.6 is 0 Å². The first-order chi connectivity index (χ1) is 14.9. The summed E-state index contributed by atoms with van der Waals surface area (Å²) in [5.41, 5.74) is 11.9. The summed E-state index contributed by atoms with van der Waals surface area (Å²) in [6.45, 7) is 6.02. The van der Waals surface area contributed by atoms with Gasteiger partial charge in [-0.2, -0.15) is 0 Å². The Morgan fingerprint density at radius 1 is 1.09 bits per heavy atom. The van der Waals surface area contributed by atoms with Crippen LogP contribution in [0.1, 0.15) is 59.9 Å². The Bertz CT molecular complexity index is 702. The third kappa shape index (κ3) is 13.5. The van der Waals surface area contributed by atoms with Gasteiger partial charge in [-0.05, 0) is 42.9 Å². The molecule has 0 aliphatic heterocycles. The molecule has 190 valence electrons. The summed E-state index contributed by atoms with van der Waals surface area (Å²) in [6.07, 6.45) is 7.18. The van der Waals surface area contributed by atoms with Crippen LogP contribution in [0.2, 0.25) is 0 Å². The normalized spacial score (nSPS) is 10.4. The summed E-state index contributed by atoms with van der Waals surface area (Å²) in [5, 5.41) is 2.92. The molecule has 0 spiro atoms. The molecule has 33 heavy (non-hydrogen) atoms. The second-order valence-corrected chi connectivity index (χ2v) is 7.61. The average Bonchev–Trinajstić information content (AvgIpc) is 2.74. The monoisotopic (exact) mass is 466 g/mol. The standard InChI is InChI=1S/C23H38N4O4.2CH4/c1-18(2)8-6-4-5-7-9-22(28)26-17-19-10-11-20(21(16-19)30-3)31-23(29)27(14-12-24)15-13-25;;/h6,8,10-11,16,18H,4-5,7,9,12-15,17,24-25H2,1-3H3,(H,26,28);2*1H4/b8-6+;;. The number of carbonyl (C=O) groups is 2. The highest BCUT2D eigenvalue weighted by atomic mass is 16.6. The number of nitrogens with one attached hydrogen (secondary N) is 1. The maximum Gasteiger partial charge on any atom is 0.415 e. The predicted molar refractivity (Wildman–Crippen MR) is 136 cm³/mol. The minimum absolute atomic E-state index is 0. The summed E-state index contributed by atoms with van der Waals surface area (Å²) in [5.74, 6) is 1.29. The van der Waals surface area contributed by atoms with Gasteiger partial charge in [-0.25, -0.2) is 4.79 Å². The zero-order valence-electron chi connectivity index (χ0n) is 19.1. The van der Waals surface area contributed by atoms with Crippen LogP contribution in [-0.2, 0) is 11.3 Å². The van der Waals surface area contributed by atoms with Crippen LogP contribution in [0.15, 0.2) is 30.4 Å². The third-order valence-electron chi connectivity index (χ3n) is 4.52. The van der Waals surface area contributed by atoms with Crippen LogP contribution < -0.4 is 26.3 Å². The van der Waals surface area contributed by atoms with Crippen molar-refractivity contribution in [3.8, 4) is 11.5 Å². The molecule has 0 heterocycles. The van der Waals surface area contributed by atoms with Crippen molar-refractivity contribution in [2.45, 2.75) is 60.9 Å². The third-order valence-corrected chi connectivity index (χ3v) is 4.52. The second-order valence-electron chi connectivity index (χ2n) is 7.61. The summed E-state index contributed by atoms with van der Waals surface area (Å²) >= 11 is 0. The first-order valence-corrected chi connectivity index (χ1v) is 10.9. The van der Waals surface area contributed by atoms with E-state index in [0.717, 1.165) is 24.8 Å². The molecule has 0 aromatic heterocycles. The summed E-state index contributed by atoms with van der Waals surface area (Å²) in [4.78, 5) is 25.9. The first kappa shape index (κ1) is 32.6. The number of rotatable bonds is 14. The molecule has 0 atom stereocenters. The van der Waals surface area contributed by atoms with E-state index in [1.165, 1.54) is 12.0 Å². The Hall–Kier alpha value is -2.58. The number of amides is 2. The topological polar surface area (TPSA) is 120 Å². The Balaban J connectivity index is 0. The number of methoxy groups -OCH3 is 1. The van der Waals surface area contributed by atoms with Crippen LogP contribution in [0.5, 0.6) is 11.5 Å². The van der Waals surface area contributed by atoms with Gasteiger partial charge in [-0.3, -0.25) is 4.79 Å². The maximum atomic E-state index is 12.3. The Morgan fingerprint density at radius 3 is 2.33 bits per heavy atom. The molecule has 2 amide bonds. The number of carbonyl (C=O) groups excluding carboxylic acids is 2. The van der Waals surface area contributed by atoms with Crippen LogP contribution in [0, 0.1) is 5.92 Å². The molecule has 1 rings (SSSR count). The zero-order chi connectivity index (χ0) is 23.1. The molecule has 8 heteroatoms. The summed E-state index contributed by atoms with van der Waals surface area (Å²) < 4.78 is 10.8. The maximum absolute atomic E-state index is 12.3. The van der Waals surface area contributed by atoms with Gasteiger partial charge in [0.1, 0.15) is 0 Å². The number of nitrogens with zero attached hydrogens (tertiary/aromatic N) is 1. The molecule has 8 nitrogen and oxygen atoms in total. The smallest absolute Gasteiger partial charge is 0.415 e. The van der Waals surface area contributed by atoms with Gasteiger partial charge in [0.05, 0.1) is 7.11 Å². The molecule has 0 radical (unpaired) electrons. The average molecular weight is 467 g/mol. The van der Waals surface area contributed by atoms with E-state index in [1.807, 2.05) is 0 Å². The minimum Gasteiger partial charge on any atom is -0.493 e. The van der Waals surface area contributed by atoms with Crippen molar-refractivity contribution in [1.82, 2.24) is 10.2 Å². The fourth-order valence-electron chi connectivity index (χ4n) is 2.88. The number of allylic oxidation sites excluding steroid dienone is 2. The molecular weight excluding hydrogens is 420 g/mol. The Morgan fingerprint density at radius 2 is 1.76 bits per heavy atom. The Labute approximate surface area is 200 Å².